The molecule has 0 amide bonds. The number of rotatable bonds is 2. The normalized spacial score (nSPS) is 16.6. The van der Waals surface area contributed by atoms with E-state index < -0.39 is 0 Å². The number of aromatic nitrogens is 4. The Balaban J connectivity index is 1.77. The minimum atomic E-state index is 0.495. The summed E-state index contributed by atoms with van der Waals surface area (Å²) in [6, 6.07) is 7.79. The molecule has 0 bridgehead atoms. The molecule has 0 atom stereocenters. The summed E-state index contributed by atoms with van der Waals surface area (Å²) in [6.07, 6.45) is 6.28. The zero-order valence-corrected chi connectivity index (χ0v) is 13.1. The monoisotopic (exact) mass is 318 g/mol. The minimum Gasteiger partial charge on any atom is -0.187 e. The molecule has 1 aliphatic carbocycles. The van der Waals surface area contributed by atoms with Gasteiger partial charge >= 0.3 is 0 Å². The highest BCUT2D eigenvalue weighted by Crippen LogP contribution is 2.35. The third-order valence-electron chi connectivity index (χ3n) is 4.09. The summed E-state index contributed by atoms with van der Waals surface area (Å²) >= 11 is 7.81. The van der Waals surface area contributed by atoms with E-state index in [4.69, 9.17) is 16.7 Å². The van der Waals surface area contributed by atoms with E-state index in [-0.39, 0.29) is 0 Å². The van der Waals surface area contributed by atoms with Gasteiger partial charge in [-0.05, 0) is 18.9 Å². The molecule has 0 radical (unpaired) electrons. The molecule has 6 heteroatoms. The predicted molar refractivity (Wildman–Crippen MR) is 84.9 cm³/mol. The van der Waals surface area contributed by atoms with Crippen LogP contribution in [0.3, 0.4) is 0 Å². The van der Waals surface area contributed by atoms with E-state index in [1.165, 1.54) is 32.1 Å². The smallest absolute Gasteiger partial charge is 0.187 e. The number of fused-ring (bicyclic) bond motifs is 1. The lowest BCUT2D eigenvalue weighted by molar-refractivity contribution is 0.423. The van der Waals surface area contributed by atoms with Gasteiger partial charge in [-0.3, -0.25) is 0 Å². The molecule has 3 aromatic rings. The maximum absolute atomic E-state index is 6.26. The van der Waals surface area contributed by atoms with Gasteiger partial charge in [0.2, 0.25) is 4.96 Å². The highest BCUT2D eigenvalue weighted by molar-refractivity contribution is 7.19. The Labute approximate surface area is 131 Å². The van der Waals surface area contributed by atoms with Crippen LogP contribution in [0, 0.1) is 0 Å². The lowest BCUT2D eigenvalue weighted by Crippen LogP contribution is -2.09. The second-order valence-corrected chi connectivity index (χ2v) is 6.84. The van der Waals surface area contributed by atoms with Gasteiger partial charge in [-0.2, -0.15) is 9.61 Å². The zero-order valence-electron chi connectivity index (χ0n) is 11.5. The Bertz CT molecular complexity index is 773. The Morgan fingerprint density at radius 1 is 1.10 bits per heavy atom. The van der Waals surface area contributed by atoms with Gasteiger partial charge in [-0.15, -0.1) is 10.2 Å². The average Bonchev–Trinajstić information content (AvgIpc) is 3.08. The maximum atomic E-state index is 6.26. The van der Waals surface area contributed by atoms with Gasteiger partial charge in [0.1, 0.15) is 5.01 Å². The van der Waals surface area contributed by atoms with Gasteiger partial charge < -0.3 is 0 Å². The lowest BCUT2D eigenvalue weighted by Gasteiger charge is -2.18. The van der Waals surface area contributed by atoms with Crippen molar-refractivity contribution in [2.45, 2.75) is 38.0 Å². The Morgan fingerprint density at radius 3 is 2.71 bits per heavy atom. The fraction of sp³-hybridized carbons (Fsp3) is 0.400. The third kappa shape index (κ3) is 2.34. The van der Waals surface area contributed by atoms with Crippen LogP contribution in [0.5, 0.6) is 0 Å². The van der Waals surface area contributed by atoms with Crippen molar-refractivity contribution in [2.75, 3.05) is 0 Å². The second-order valence-electron chi connectivity index (χ2n) is 5.47. The van der Waals surface area contributed by atoms with Crippen molar-refractivity contribution in [3.63, 3.8) is 0 Å². The minimum absolute atomic E-state index is 0.495. The maximum Gasteiger partial charge on any atom is 0.234 e. The summed E-state index contributed by atoms with van der Waals surface area (Å²) in [5.41, 5.74) is 0.962. The van der Waals surface area contributed by atoms with Crippen LogP contribution in [0.2, 0.25) is 5.02 Å². The molecule has 1 aromatic carbocycles. The highest BCUT2D eigenvalue weighted by atomic mass is 35.5. The molecule has 0 saturated heterocycles. The van der Waals surface area contributed by atoms with E-state index in [2.05, 4.69) is 10.2 Å². The van der Waals surface area contributed by atoms with E-state index in [0.717, 1.165) is 26.4 Å². The van der Waals surface area contributed by atoms with Gasteiger partial charge in [-0.1, -0.05) is 60.4 Å². The second kappa shape index (κ2) is 5.39. The van der Waals surface area contributed by atoms with E-state index >= 15 is 0 Å². The van der Waals surface area contributed by atoms with Gasteiger partial charge in [0.15, 0.2) is 5.82 Å². The summed E-state index contributed by atoms with van der Waals surface area (Å²) < 4.78 is 1.92. The Kier molecular flexibility index (Phi) is 3.39. The highest BCUT2D eigenvalue weighted by Gasteiger charge is 2.23. The van der Waals surface area contributed by atoms with Gasteiger partial charge in [0.25, 0.3) is 0 Å². The molecular formula is C15H15ClN4S. The van der Waals surface area contributed by atoms with Crippen molar-refractivity contribution in [1.29, 1.82) is 0 Å². The summed E-state index contributed by atoms with van der Waals surface area (Å²) in [5, 5.41) is 15.0. The molecule has 2 heterocycles. The van der Waals surface area contributed by atoms with Crippen LogP contribution in [0.15, 0.2) is 24.3 Å². The lowest BCUT2D eigenvalue weighted by atomic mass is 9.89. The zero-order chi connectivity index (χ0) is 14.2. The summed E-state index contributed by atoms with van der Waals surface area (Å²) in [7, 11) is 0. The van der Waals surface area contributed by atoms with Crippen LogP contribution >= 0.6 is 22.9 Å². The van der Waals surface area contributed by atoms with Crippen LogP contribution < -0.4 is 0 Å². The van der Waals surface area contributed by atoms with Crippen LogP contribution in [0.1, 0.15) is 43.8 Å². The van der Waals surface area contributed by atoms with Crippen molar-refractivity contribution in [2.24, 2.45) is 0 Å². The molecule has 0 unspecified atom stereocenters. The number of hydrogen-bond acceptors (Lipinski definition) is 4. The number of hydrogen-bond donors (Lipinski definition) is 0. The molecule has 0 N–H and O–H groups in total. The van der Waals surface area contributed by atoms with Crippen molar-refractivity contribution in [1.82, 2.24) is 19.8 Å². The van der Waals surface area contributed by atoms with Crippen molar-refractivity contribution in [3.05, 3.63) is 35.1 Å². The van der Waals surface area contributed by atoms with Gasteiger partial charge in [0.05, 0.1) is 5.02 Å². The van der Waals surface area contributed by atoms with E-state index in [9.17, 15) is 0 Å². The van der Waals surface area contributed by atoms with E-state index in [1.807, 2.05) is 28.8 Å². The third-order valence-corrected chi connectivity index (χ3v) is 5.35. The van der Waals surface area contributed by atoms with Gasteiger partial charge in [0, 0.05) is 11.5 Å². The molecular weight excluding hydrogens is 304 g/mol. The number of benzene rings is 1. The Morgan fingerprint density at radius 2 is 1.90 bits per heavy atom. The standard InChI is InChI=1S/C15H15ClN4S/c16-12-9-5-4-8-11(12)14-19-20-13(17-18-15(20)21-14)10-6-2-1-3-7-10/h4-5,8-10H,1-3,6-7H2. The SMILES string of the molecule is Clc1ccccc1-c1nn2c(C3CCCCC3)nnc2s1. The fourth-order valence-corrected chi connectivity index (χ4v) is 4.16. The van der Waals surface area contributed by atoms with E-state index in [0.29, 0.717) is 5.92 Å². The van der Waals surface area contributed by atoms with Crippen LogP contribution in [0.4, 0.5) is 0 Å². The van der Waals surface area contributed by atoms with Crippen LogP contribution in [0.25, 0.3) is 15.5 Å². The molecule has 1 saturated carbocycles. The molecule has 108 valence electrons. The molecule has 0 aliphatic heterocycles. The van der Waals surface area contributed by atoms with Crippen molar-refractivity contribution < 1.29 is 0 Å². The first-order valence-corrected chi connectivity index (χ1v) is 8.49. The topological polar surface area (TPSA) is 43.1 Å². The van der Waals surface area contributed by atoms with Crippen molar-refractivity contribution in [3.8, 4) is 10.6 Å². The molecule has 1 aliphatic rings. The number of halogens is 1. The molecule has 4 rings (SSSR count). The fourth-order valence-electron chi connectivity index (χ4n) is 2.99. The largest absolute Gasteiger partial charge is 0.234 e. The quantitative estimate of drug-likeness (QED) is 0.696. The molecule has 21 heavy (non-hydrogen) atoms. The first-order valence-electron chi connectivity index (χ1n) is 7.30. The summed E-state index contributed by atoms with van der Waals surface area (Å²) in [5.74, 6) is 1.51. The Hall–Kier alpha value is -1.46. The first-order chi connectivity index (χ1) is 10.3. The predicted octanol–water partition coefficient (Wildman–Crippen LogP) is 4.55. The molecule has 4 nitrogen and oxygen atoms in total. The molecule has 2 aromatic heterocycles. The summed E-state index contributed by atoms with van der Waals surface area (Å²) in [6.45, 7) is 0. The summed E-state index contributed by atoms with van der Waals surface area (Å²) in [4.78, 5) is 0.852. The first kappa shape index (κ1) is 13.2. The van der Waals surface area contributed by atoms with Crippen LogP contribution in [-0.2, 0) is 0 Å². The number of nitrogens with zero attached hydrogens (tertiary/aromatic N) is 4. The molecule has 0 spiro atoms. The molecule has 1 fully saturated rings. The van der Waals surface area contributed by atoms with Crippen LogP contribution in [-0.4, -0.2) is 19.8 Å². The average molecular weight is 319 g/mol. The van der Waals surface area contributed by atoms with E-state index in [1.54, 1.807) is 11.3 Å². The van der Waals surface area contributed by atoms with Gasteiger partial charge in [-0.25, -0.2) is 0 Å². The van der Waals surface area contributed by atoms with Crippen molar-refractivity contribution >= 4 is 27.9 Å².